The standard InChI is InChI=1S/C17H31N3O.ClH/c1-20(16-10-14-8-9-15(11-16)18-14)12-17(21)19-13-6-4-2-3-5-7-13;/h13-16,18H,2-12H2,1H3,(H,19,21);1H. The first-order chi connectivity index (χ1) is 10.2. The highest BCUT2D eigenvalue weighted by Gasteiger charge is 2.35. The third-order valence-electron chi connectivity index (χ3n) is 5.68. The summed E-state index contributed by atoms with van der Waals surface area (Å²) in [4.78, 5) is 14.6. The molecule has 5 heteroatoms. The zero-order valence-electron chi connectivity index (χ0n) is 13.9. The molecule has 3 fully saturated rings. The smallest absolute Gasteiger partial charge is 0.234 e. The number of rotatable bonds is 4. The van der Waals surface area contributed by atoms with Gasteiger partial charge in [0.15, 0.2) is 0 Å². The number of hydrogen-bond acceptors (Lipinski definition) is 3. The SMILES string of the molecule is CN(CC(=O)NC1CCCCCC1)C1CC2CCC(C1)N2.Cl. The van der Waals surface area contributed by atoms with Gasteiger partial charge in [0.05, 0.1) is 6.54 Å². The average molecular weight is 330 g/mol. The quantitative estimate of drug-likeness (QED) is 0.779. The van der Waals surface area contributed by atoms with E-state index in [-0.39, 0.29) is 18.3 Å². The van der Waals surface area contributed by atoms with Gasteiger partial charge in [-0.3, -0.25) is 9.69 Å². The van der Waals surface area contributed by atoms with Crippen LogP contribution in [0.25, 0.3) is 0 Å². The molecule has 4 nitrogen and oxygen atoms in total. The second kappa shape index (κ2) is 8.51. The zero-order valence-corrected chi connectivity index (χ0v) is 14.7. The van der Waals surface area contributed by atoms with Gasteiger partial charge in [0.25, 0.3) is 0 Å². The Morgan fingerprint density at radius 3 is 2.23 bits per heavy atom. The van der Waals surface area contributed by atoms with Crippen LogP contribution in [0.2, 0.25) is 0 Å². The molecule has 2 saturated heterocycles. The van der Waals surface area contributed by atoms with Gasteiger partial charge >= 0.3 is 0 Å². The topological polar surface area (TPSA) is 44.4 Å². The normalized spacial score (nSPS) is 32.4. The number of hydrogen-bond donors (Lipinski definition) is 2. The molecule has 3 aliphatic rings. The minimum absolute atomic E-state index is 0. The van der Waals surface area contributed by atoms with E-state index in [0.717, 1.165) is 0 Å². The molecule has 1 aliphatic carbocycles. The maximum absolute atomic E-state index is 12.3. The number of halogens is 1. The van der Waals surface area contributed by atoms with Gasteiger partial charge in [-0.25, -0.2) is 0 Å². The van der Waals surface area contributed by atoms with Gasteiger partial charge in [-0.1, -0.05) is 25.7 Å². The summed E-state index contributed by atoms with van der Waals surface area (Å²) in [6.45, 7) is 0.570. The van der Waals surface area contributed by atoms with E-state index < -0.39 is 0 Å². The fourth-order valence-corrected chi connectivity index (χ4v) is 4.44. The maximum atomic E-state index is 12.3. The molecule has 1 saturated carbocycles. The number of carbonyl (C=O) groups excluding carboxylic acids is 1. The lowest BCUT2D eigenvalue weighted by molar-refractivity contribution is -0.123. The summed E-state index contributed by atoms with van der Waals surface area (Å²) in [6.07, 6.45) is 12.6. The molecule has 0 aromatic carbocycles. The van der Waals surface area contributed by atoms with E-state index in [0.29, 0.717) is 30.7 Å². The Morgan fingerprint density at radius 2 is 1.64 bits per heavy atom. The van der Waals surface area contributed by atoms with Gasteiger partial charge in [-0.05, 0) is 45.6 Å². The van der Waals surface area contributed by atoms with Crippen molar-refractivity contribution in [3.05, 3.63) is 0 Å². The van der Waals surface area contributed by atoms with Crippen LogP contribution in [-0.4, -0.2) is 48.6 Å². The fraction of sp³-hybridized carbons (Fsp3) is 0.941. The Bertz CT molecular complexity index is 346. The van der Waals surface area contributed by atoms with Crippen molar-refractivity contribution in [1.82, 2.24) is 15.5 Å². The molecule has 2 bridgehead atoms. The molecule has 2 aliphatic heterocycles. The second-order valence-electron chi connectivity index (χ2n) is 7.43. The number of amides is 1. The van der Waals surface area contributed by atoms with Crippen LogP contribution in [0.15, 0.2) is 0 Å². The van der Waals surface area contributed by atoms with Gasteiger partial charge in [0, 0.05) is 24.2 Å². The molecule has 2 N–H and O–H groups in total. The summed E-state index contributed by atoms with van der Waals surface area (Å²) in [5, 5.41) is 6.94. The predicted octanol–water partition coefficient (Wildman–Crippen LogP) is 2.46. The van der Waals surface area contributed by atoms with Crippen LogP contribution in [0.5, 0.6) is 0 Å². The molecular weight excluding hydrogens is 298 g/mol. The molecule has 2 heterocycles. The van der Waals surface area contributed by atoms with Crippen LogP contribution in [0.3, 0.4) is 0 Å². The summed E-state index contributed by atoms with van der Waals surface area (Å²) in [7, 11) is 2.13. The zero-order chi connectivity index (χ0) is 14.7. The Labute approximate surface area is 141 Å². The predicted molar refractivity (Wildman–Crippen MR) is 92.5 cm³/mol. The van der Waals surface area contributed by atoms with E-state index in [4.69, 9.17) is 0 Å². The van der Waals surface area contributed by atoms with Crippen molar-refractivity contribution in [1.29, 1.82) is 0 Å². The Morgan fingerprint density at radius 1 is 1.05 bits per heavy atom. The Balaban J connectivity index is 0.00000176. The van der Waals surface area contributed by atoms with Crippen LogP contribution < -0.4 is 10.6 Å². The van der Waals surface area contributed by atoms with Gasteiger partial charge in [-0.15, -0.1) is 12.4 Å². The van der Waals surface area contributed by atoms with Crippen molar-refractivity contribution in [2.75, 3.05) is 13.6 Å². The fourth-order valence-electron chi connectivity index (χ4n) is 4.44. The van der Waals surface area contributed by atoms with Crippen molar-refractivity contribution in [2.45, 2.75) is 88.4 Å². The summed E-state index contributed by atoms with van der Waals surface area (Å²) < 4.78 is 0. The van der Waals surface area contributed by atoms with Crippen molar-refractivity contribution >= 4 is 18.3 Å². The average Bonchev–Trinajstić information content (AvgIpc) is 2.67. The summed E-state index contributed by atoms with van der Waals surface area (Å²) in [5.41, 5.74) is 0. The van der Waals surface area contributed by atoms with E-state index in [1.54, 1.807) is 0 Å². The number of fused-ring (bicyclic) bond motifs is 2. The minimum atomic E-state index is 0. The van der Waals surface area contributed by atoms with Crippen LogP contribution in [0.4, 0.5) is 0 Å². The van der Waals surface area contributed by atoms with E-state index in [1.165, 1.54) is 64.2 Å². The van der Waals surface area contributed by atoms with Crippen molar-refractivity contribution in [2.24, 2.45) is 0 Å². The highest BCUT2D eigenvalue weighted by molar-refractivity contribution is 5.85. The van der Waals surface area contributed by atoms with Gasteiger partial charge in [-0.2, -0.15) is 0 Å². The van der Waals surface area contributed by atoms with Crippen LogP contribution in [0, 0.1) is 0 Å². The summed E-state index contributed by atoms with van der Waals surface area (Å²) in [6, 6.07) is 2.41. The molecule has 0 spiro atoms. The van der Waals surface area contributed by atoms with Crippen LogP contribution >= 0.6 is 12.4 Å². The van der Waals surface area contributed by atoms with Gasteiger partial charge < -0.3 is 10.6 Å². The van der Waals surface area contributed by atoms with E-state index in [2.05, 4.69) is 22.6 Å². The third-order valence-corrected chi connectivity index (χ3v) is 5.68. The lowest BCUT2D eigenvalue weighted by Crippen LogP contribution is -2.50. The van der Waals surface area contributed by atoms with Crippen molar-refractivity contribution in [3.8, 4) is 0 Å². The van der Waals surface area contributed by atoms with Crippen molar-refractivity contribution in [3.63, 3.8) is 0 Å². The molecule has 0 aromatic rings. The number of carbonyl (C=O) groups is 1. The molecule has 2 atom stereocenters. The molecular formula is C17H32ClN3O. The lowest BCUT2D eigenvalue weighted by Gasteiger charge is -2.35. The van der Waals surface area contributed by atoms with Crippen molar-refractivity contribution < 1.29 is 4.79 Å². The minimum Gasteiger partial charge on any atom is -0.352 e. The molecule has 0 radical (unpaired) electrons. The second-order valence-corrected chi connectivity index (χ2v) is 7.43. The third kappa shape index (κ3) is 4.84. The Hall–Kier alpha value is -0.320. The summed E-state index contributed by atoms with van der Waals surface area (Å²) >= 11 is 0. The lowest BCUT2D eigenvalue weighted by atomic mass is 9.98. The molecule has 1 amide bonds. The van der Waals surface area contributed by atoms with E-state index in [1.807, 2.05) is 0 Å². The molecule has 2 unspecified atom stereocenters. The van der Waals surface area contributed by atoms with Crippen LogP contribution in [0.1, 0.15) is 64.2 Å². The van der Waals surface area contributed by atoms with Gasteiger partial charge in [0.1, 0.15) is 0 Å². The number of nitrogens with one attached hydrogen (secondary N) is 2. The first-order valence-electron chi connectivity index (χ1n) is 8.96. The molecule has 128 valence electrons. The molecule has 3 rings (SSSR count). The highest BCUT2D eigenvalue weighted by atomic mass is 35.5. The summed E-state index contributed by atoms with van der Waals surface area (Å²) in [5.74, 6) is 0.232. The monoisotopic (exact) mass is 329 g/mol. The number of nitrogens with zero attached hydrogens (tertiary/aromatic N) is 1. The van der Waals surface area contributed by atoms with E-state index >= 15 is 0 Å². The highest BCUT2D eigenvalue weighted by Crippen LogP contribution is 2.29. The Kier molecular flexibility index (Phi) is 6.97. The molecule has 0 aromatic heterocycles. The first kappa shape index (κ1) is 18.0. The molecule has 22 heavy (non-hydrogen) atoms. The number of likely N-dealkylation sites (N-methyl/N-ethyl adjacent to an activating group) is 1. The van der Waals surface area contributed by atoms with Crippen LogP contribution in [-0.2, 0) is 4.79 Å². The largest absolute Gasteiger partial charge is 0.352 e. The van der Waals surface area contributed by atoms with Gasteiger partial charge in [0.2, 0.25) is 5.91 Å². The first-order valence-corrected chi connectivity index (χ1v) is 8.96. The maximum Gasteiger partial charge on any atom is 0.234 e. The number of piperidine rings is 1. The van der Waals surface area contributed by atoms with E-state index in [9.17, 15) is 4.79 Å².